The van der Waals surface area contributed by atoms with Crippen LogP contribution in [-0.4, -0.2) is 18.6 Å². The highest BCUT2D eigenvalue weighted by Gasteiger charge is 2.10. The molecule has 0 unspecified atom stereocenters. The number of thiophene rings is 1. The van der Waals surface area contributed by atoms with Gasteiger partial charge in [0.25, 0.3) is 5.69 Å². The van der Waals surface area contributed by atoms with Crippen molar-refractivity contribution in [2.45, 2.75) is 13.0 Å². The van der Waals surface area contributed by atoms with Crippen LogP contribution in [-0.2, 0) is 17.8 Å². The van der Waals surface area contributed by atoms with Gasteiger partial charge in [-0.05, 0) is 17.5 Å². The Kier molecular flexibility index (Phi) is 5.09. The fraction of sp³-hybridized carbons (Fsp3) is 0.286. The van der Waals surface area contributed by atoms with Gasteiger partial charge in [-0.25, -0.2) is 0 Å². The first-order chi connectivity index (χ1) is 9.70. The van der Waals surface area contributed by atoms with Crippen molar-refractivity contribution in [1.29, 1.82) is 0 Å². The van der Waals surface area contributed by atoms with Crippen molar-refractivity contribution in [2.24, 2.45) is 0 Å². The van der Waals surface area contributed by atoms with Gasteiger partial charge in [0.2, 0.25) is 0 Å². The molecule has 0 radical (unpaired) electrons. The van der Waals surface area contributed by atoms with Crippen LogP contribution in [0.15, 0.2) is 35.7 Å². The molecule has 2 rings (SSSR count). The van der Waals surface area contributed by atoms with E-state index in [-0.39, 0.29) is 5.69 Å². The molecule has 1 heterocycles. The number of hydrogen-bond acceptors (Lipinski definition) is 5. The zero-order chi connectivity index (χ0) is 14.4. The Labute approximate surface area is 121 Å². The highest BCUT2D eigenvalue weighted by Crippen LogP contribution is 2.22. The number of nitro benzene ring substituents is 1. The minimum atomic E-state index is -0.394. The van der Waals surface area contributed by atoms with Crippen molar-refractivity contribution in [1.82, 2.24) is 0 Å². The highest BCUT2D eigenvalue weighted by molar-refractivity contribution is 7.09. The third-order valence-electron chi connectivity index (χ3n) is 2.90. The summed E-state index contributed by atoms with van der Waals surface area (Å²) in [4.78, 5) is 11.7. The first kappa shape index (κ1) is 14.5. The summed E-state index contributed by atoms with van der Waals surface area (Å²) in [7, 11) is 1.79. The second-order valence-corrected chi connectivity index (χ2v) is 5.26. The summed E-state index contributed by atoms with van der Waals surface area (Å²) in [6, 6.07) is 8.83. The predicted molar refractivity (Wildman–Crippen MR) is 80.3 cm³/mol. The molecule has 2 aromatic rings. The summed E-state index contributed by atoms with van der Waals surface area (Å²) in [6.07, 6.45) is 0.863. The third kappa shape index (κ3) is 3.79. The lowest BCUT2D eigenvalue weighted by molar-refractivity contribution is -0.384. The van der Waals surface area contributed by atoms with Crippen LogP contribution in [0, 0.1) is 10.1 Å². The van der Waals surface area contributed by atoms with Crippen molar-refractivity contribution in [3.8, 4) is 0 Å². The SMILES string of the molecule is CNc1ccc([N+](=O)[O-])cc1COCCc1cccs1. The average molecular weight is 292 g/mol. The van der Waals surface area contributed by atoms with Gasteiger partial charge in [0.15, 0.2) is 0 Å². The van der Waals surface area contributed by atoms with E-state index in [9.17, 15) is 10.1 Å². The molecule has 0 amide bonds. The Morgan fingerprint density at radius 2 is 2.25 bits per heavy atom. The van der Waals surface area contributed by atoms with Gasteiger partial charge in [0.1, 0.15) is 0 Å². The fourth-order valence-corrected chi connectivity index (χ4v) is 2.56. The lowest BCUT2D eigenvalue weighted by Gasteiger charge is -2.09. The van der Waals surface area contributed by atoms with Crippen LogP contribution >= 0.6 is 11.3 Å². The summed E-state index contributed by atoms with van der Waals surface area (Å²) < 4.78 is 5.61. The first-order valence-electron chi connectivity index (χ1n) is 6.26. The Morgan fingerprint density at radius 1 is 1.40 bits per heavy atom. The zero-order valence-corrected chi connectivity index (χ0v) is 12.0. The van der Waals surface area contributed by atoms with E-state index in [2.05, 4.69) is 11.4 Å². The Hall–Kier alpha value is -1.92. The van der Waals surface area contributed by atoms with Gasteiger partial charge >= 0.3 is 0 Å². The molecule has 5 nitrogen and oxygen atoms in total. The lowest BCUT2D eigenvalue weighted by atomic mass is 10.1. The number of ether oxygens (including phenoxy) is 1. The standard InChI is InChI=1S/C14H16N2O3S/c1-15-14-5-4-12(16(17)18)9-11(14)10-19-7-6-13-3-2-8-20-13/h2-5,8-9,15H,6-7,10H2,1H3. The number of anilines is 1. The van der Waals surface area contributed by atoms with Crippen molar-refractivity contribution < 1.29 is 9.66 Å². The quantitative estimate of drug-likeness (QED) is 0.482. The van der Waals surface area contributed by atoms with E-state index >= 15 is 0 Å². The van der Waals surface area contributed by atoms with E-state index in [1.807, 2.05) is 11.4 Å². The minimum absolute atomic E-state index is 0.0841. The van der Waals surface area contributed by atoms with Crippen LogP contribution in [0.5, 0.6) is 0 Å². The summed E-state index contributed by atoms with van der Waals surface area (Å²) >= 11 is 1.70. The summed E-state index contributed by atoms with van der Waals surface area (Å²) in [5.41, 5.74) is 1.74. The molecule has 0 saturated heterocycles. The van der Waals surface area contributed by atoms with E-state index in [1.165, 1.54) is 10.9 Å². The van der Waals surface area contributed by atoms with Crippen LogP contribution in [0.3, 0.4) is 0 Å². The molecule has 1 aromatic heterocycles. The van der Waals surface area contributed by atoms with Crippen LogP contribution in [0.4, 0.5) is 11.4 Å². The average Bonchev–Trinajstić information content (AvgIpc) is 2.96. The molecule has 0 spiro atoms. The maximum absolute atomic E-state index is 10.8. The van der Waals surface area contributed by atoms with Gasteiger partial charge < -0.3 is 10.1 Å². The van der Waals surface area contributed by atoms with E-state index in [1.54, 1.807) is 30.5 Å². The van der Waals surface area contributed by atoms with Crippen LogP contribution in [0.1, 0.15) is 10.4 Å². The number of benzene rings is 1. The van der Waals surface area contributed by atoms with Crippen LogP contribution in [0.2, 0.25) is 0 Å². The van der Waals surface area contributed by atoms with Gasteiger partial charge in [-0.15, -0.1) is 11.3 Å². The number of nitrogens with zero attached hydrogens (tertiary/aromatic N) is 1. The molecule has 0 aliphatic rings. The molecule has 0 bridgehead atoms. The monoisotopic (exact) mass is 292 g/mol. The Balaban J connectivity index is 1.93. The van der Waals surface area contributed by atoms with Crippen molar-refractivity contribution >= 4 is 22.7 Å². The van der Waals surface area contributed by atoms with Crippen molar-refractivity contribution in [3.05, 3.63) is 56.3 Å². The Bertz CT molecular complexity index is 570. The topological polar surface area (TPSA) is 64.4 Å². The second kappa shape index (κ2) is 7.02. The zero-order valence-electron chi connectivity index (χ0n) is 11.2. The molecule has 0 aliphatic heterocycles. The number of nitrogens with one attached hydrogen (secondary N) is 1. The third-order valence-corrected chi connectivity index (χ3v) is 3.84. The predicted octanol–water partition coefficient (Wildman–Crippen LogP) is 3.46. The van der Waals surface area contributed by atoms with Crippen LogP contribution < -0.4 is 5.32 Å². The fourth-order valence-electron chi connectivity index (χ4n) is 1.87. The van der Waals surface area contributed by atoms with Gasteiger partial charge in [-0.1, -0.05) is 6.07 Å². The molecule has 1 N–H and O–H groups in total. The number of rotatable bonds is 7. The Morgan fingerprint density at radius 3 is 2.90 bits per heavy atom. The second-order valence-electron chi connectivity index (χ2n) is 4.23. The molecule has 0 fully saturated rings. The molecular formula is C14H16N2O3S. The molecule has 20 heavy (non-hydrogen) atoms. The summed E-state index contributed by atoms with van der Waals surface area (Å²) in [5.74, 6) is 0. The van der Waals surface area contributed by atoms with E-state index in [4.69, 9.17) is 4.74 Å². The smallest absolute Gasteiger partial charge is 0.269 e. The highest BCUT2D eigenvalue weighted by atomic mass is 32.1. The van der Waals surface area contributed by atoms with Crippen molar-refractivity contribution in [2.75, 3.05) is 19.0 Å². The maximum atomic E-state index is 10.8. The van der Waals surface area contributed by atoms with Gasteiger partial charge in [-0.3, -0.25) is 10.1 Å². The van der Waals surface area contributed by atoms with Gasteiger partial charge in [0, 0.05) is 41.7 Å². The number of hydrogen-bond donors (Lipinski definition) is 1. The minimum Gasteiger partial charge on any atom is -0.388 e. The van der Waals surface area contributed by atoms with E-state index < -0.39 is 4.92 Å². The van der Waals surface area contributed by atoms with Crippen LogP contribution in [0.25, 0.3) is 0 Å². The largest absolute Gasteiger partial charge is 0.388 e. The lowest BCUT2D eigenvalue weighted by Crippen LogP contribution is -2.02. The van der Waals surface area contributed by atoms with Gasteiger partial charge in [0.05, 0.1) is 18.1 Å². The molecule has 0 saturated carbocycles. The van der Waals surface area contributed by atoms with E-state index in [0.29, 0.717) is 13.2 Å². The maximum Gasteiger partial charge on any atom is 0.269 e. The molecular weight excluding hydrogens is 276 g/mol. The van der Waals surface area contributed by atoms with Crippen molar-refractivity contribution in [3.63, 3.8) is 0 Å². The van der Waals surface area contributed by atoms with E-state index in [0.717, 1.165) is 17.7 Å². The number of non-ortho nitro benzene ring substituents is 1. The molecule has 0 atom stereocenters. The first-order valence-corrected chi connectivity index (χ1v) is 7.14. The molecule has 0 aliphatic carbocycles. The summed E-state index contributed by atoms with van der Waals surface area (Å²) in [5, 5.41) is 15.8. The molecule has 106 valence electrons. The molecule has 1 aromatic carbocycles. The van der Waals surface area contributed by atoms with Gasteiger partial charge in [-0.2, -0.15) is 0 Å². The number of nitro groups is 1. The normalized spacial score (nSPS) is 10.4. The summed E-state index contributed by atoms with van der Waals surface area (Å²) in [6.45, 7) is 0.968. The molecule has 6 heteroatoms.